The number of carbonyl (C=O) groups is 1. The van der Waals surface area contributed by atoms with Crippen LogP contribution in [0.15, 0.2) is 23.1 Å². The molecule has 0 unspecified atom stereocenters. The molecular weight excluding hydrogens is 331 g/mol. The van der Waals surface area contributed by atoms with Crippen molar-refractivity contribution >= 4 is 15.9 Å². The third-order valence-corrected chi connectivity index (χ3v) is 6.11. The number of amides is 1. The van der Waals surface area contributed by atoms with Gasteiger partial charge in [-0.15, -0.1) is 0 Å². The maximum atomic E-state index is 13.1. The van der Waals surface area contributed by atoms with Gasteiger partial charge in [-0.1, -0.05) is 19.3 Å². The number of carbonyl (C=O) groups excluding carboxylic acids is 1. The van der Waals surface area contributed by atoms with Crippen molar-refractivity contribution in [3.63, 3.8) is 0 Å². The molecule has 1 aliphatic carbocycles. The van der Waals surface area contributed by atoms with E-state index in [2.05, 4.69) is 4.72 Å². The minimum Gasteiger partial charge on any atom is -0.339 e. The number of benzene rings is 1. The molecule has 1 saturated carbocycles. The summed E-state index contributed by atoms with van der Waals surface area (Å²) in [4.78, 5) is 13.7. The van der Waals surface area contributed by atoms with Crippen molar-refractivity contribution in [2.75, 3.05) is 13.1 Å². The molecule has 0 bridgehead atoms. The summed E-state index contributed by atoms with van der Waals surface area (Å²) in [6, 6.07) is 3.79. The van der Waals surface area contributed by atoms with Gasteiger partial charge in [0.2, 0.25) is 15.9 Å². The van der Waals surface area contributed by atoms with E-state index in [-0.39, 0.29) is 23.4 Å². The van der Waals surface area contributed by atoms with Crippen molar-refractivity contribution in [1.29, 1.82) is 0 Å². The van der Waals surface area contributed by atoms with Crippen LogP contribution in [0.1, 0.15) is 44.6 Å². The predicted molar refractivity (Wildman–Crippen MR) is 90.6 cm³/mol. The molecule has 1 aromatic rings. The fourth-order valence-corrected chi connectivity index (χ4v) is 4.53. The van der Waals surface area contributed by atoms with Gasteiger partial charge >= 0.3 is 0 Å². The van der Waals surface area contributed by atoms with Crippen LogP contribution in [0.2, 0.25) is 0 Å². The van der Waals surface area contributed by atoms with E-state index in [4.69, 9.17) is 0 Å². The first-order valence-corrected chi connectivity index (χ1v) is 9.82. The van der Waals surface area contributed by atoms with E-state index in [1.165, 1.54) is 25.5 Å². The molecule has 1 amide bonds. The monoisotopic (exact) mass is 356 g/mol. The van der Waals surface area contributed by atoms with Gasteiger partial charge in [0, 0.05) is 26.1 Å². The van der Waals surface area contributed by atoms with Gasteiger partial charge in [0.15, 0.2) is 0 Å². The molecule has 0 aromatic heterocycles. The first kappa shape index (κ1) is 18.9. The first-order valence-electron chi connectivity index (χ1n) is 8.34. The number of aryl methyl sites for hydroxylation is 1. The van der Waals surface area contributed by atoms with Crippen molar-refractivity contribution in [2.24, 2.45) is 0 Å². The van der Waals surface area contributed by atoms with E-state index in [1.54, 1.807) is 11.8 Å². The summed E-state index contributed by atoms with van der Waals surface area (Å²) in [5.74, 6) is -0.495. The maximum absolute atomic E-state index is 13.1. The highest BCUT2D eigenvalue weighted by molar-refractivity contribution is 7.89. The molecule has 0 spiro atoms. The lowest BCUT2D eigenvalue weighted by Crippen LogP contribution is -2.44. The number of hydrogen-bond acceptors (Lipinski definition) is 3. The molecule has 7 heteroatoms. The van der Waals surface area contributed by atoms with Crippen molar-refractivity contribution in [2.45, 2.75) is 56.9 Å². The second kappa shape index (κ2) is 8.07. The highest BCUT2D eigenvalue weighted by Crippen LogP contribution is 2.22. The highest BCUT2D eigenvalue weighted by atomic mass is 32.2. The second-order valence-electron chi connectivity index (χ2n) is 6.31. The Balaban J connectivity index is 1.99. The Labute approximate surface area is 143 Å². The van der Waals surface area contributed by atoms with Crippen molar-refractivity contribution in [1.82, 2.24) is 9.62 Å². The van der Waals surface area contributed by atoms with Crippen LogP contribution in [0.4, 0.5) is 4.39 Å². The molecular formula is C17H25FN2O3S. The largest absolute Gasteiger partial charge is 0.339 e. The number of nitrogens with zero attached hydrogens (tertiary/aromatic N) is 1. The summed E-state index contributed by atoms with van der Waals surface area (Å²) in [6.45, 7) is 3.57. The minimum atomic E-state index is -3.71. The van der Waals surface area contributed by atoms with Crippen molar-refractivity contribution < 1.29 is 17.6 Å². The summed E-state index contributed by atoms with van der Waals surface area (Å²) < 4.78 is 40.4. The van der Waals surface area contributed by atoms with Crippen LogP contribution in [0.5, 0.6) is 0 Å². The standard InChI is InChI=1S/C17H25FN2O3S/c1-13-12-15(18)8-9-17(13)24(22,23)19-10-11-20(14(2)21)16-6-4-3-5-7-16/h8-9,12,16,19H,3-7,10-11H2,1-2H3. The Bertz CT molecular complexity index is 685. The Hall–Kier alpha value is -1.47. The van der Waals surface area contributed by atoms with E-state index in [9.17, 15) is 17.6 Å². The molecule has 2 rings (SSSR count). The summed E-state index contributed by atoms with van der Waals surface area (Å²) >= 11 is 0. The van der Waals surface area contributed by atoms with Gasteiger partial charge < -0.3 is 4.90 Å². The van der Waals surface area contributed by atoms with Gasteiger partial charge in [-0.3, -0.25) is 4.79 Å². The smallest absolute Gasteiger partial charge is 0.240 e. The molecule has 134 valence electrons. The second-order valence-corrected chi connectivity index (χ2v) is 8.05. The van der Waals surface area contributed by atoms with E-state index in [0.717, 1.165) is 31.7 Å². The average molecular weight is 356 g/mol. The van der Waals surface area contributed by atoms with Crippen LogP contribution in [-0.4, -0.2) is 38.4 Å². The third-order valence-electron chi connectivity index (χ3n) is 4.49. The Morgan fingerprint density at radius 1 is 1.29 bits per heavy atom. The van der Waals surface area contributed by atoms with Crippen LogP contribution < -0.4 is 4.72 Å². The fourth-order valence-electron chi connectivity index (χ4n) is 3.28. The summed E-state index contributed by atoms with van der Waals surface area (Å²) in [7, 11) is -3.71. The van der Waals surface area contributed by atoms with Crippen LogP contribution >= 0.6 is 0 Å². The first-order chi connectivity index (χ1) is 11.3. The van der Waals surface area contributed by atoms with E-state index in [1.807, 2.05) is 0 Å². The maximum Gasteiger partial charge on any atom is 0.240 e. The molecule has 0 atom stereocenters. The highest BCUT2D eigenvalue weighted by Gasteiger charge is 2.24. The minimum absolute atomic E-state index is 0.0286. The Kier molecular flexibility index (Phi) is 6.34. The Morgan fingerprint density at radius 3 is 2.54 bits per heavy atom. The van der Waals surface area contributed by atoms with Gasteiger partial charge in [0.05, 0.1) is 4.90 Å². The summed E-state index contributed by atoms with van der Waals surface area (Å²) in [6.07, 6.45) is 5.36. The zero-order chi connectivity index (χ0) is 17.7. The number of sulfonamides is 1. The zero-order valence-electron chi connectivity index (χ0n) is 14.2. The molecule has 5 nitrogen and oxygen atoms in total. The fraction of sp³-hybridized carbons (Fsp3) is 0.588. The molecule has 1 fully saturated rings. The molecule has 0 aliphatic heterocycles. The number of hydrogen-bond donors (Lipinski definition) is 1. The molecule has 1 aliphatic rings. The van der Waals surface area contributed by atoms with Gasteiger partial charge in [0.25, 0.3) is 0 Å². The lowest BCUT2D eigenvalue weighted by atomic mass is 9.94. The topological polar surface area (TPSA) is 66.5 Å². The number of halogens is 1. The van der Waals surface area contributed by atoms with Crippen molar-refractivity contribution in [3.05, 3.63) is 29.6 Å². The van der Waals surface area contributed by atoms with Crippen molar-refractivity contribution in [3.8, 4) is 0 Å². The third kappa shape index (κ3) is 4.77. The van der Waals surface area contributed by atoms with Crippen LogP contribution in [-0.2, 0) is 14.8 Å². The molecule has 1 aromatic carbocycles. The normalized spacial score (nSPS) is 16.1. The van der Waals surface area contributed by atoms with Crippen LogP contribution in [0.25, 0.3) is 0 Å². The van der Waals surface area contributed by atoms with E-state index < -0.39 is 15.8 Å². The van der Waals surface area contributed by atoms with Gasteiger partial charge in [-0.2, -0.15) is 0 Å². The van der Waals surface area contributed by atoms with Crippen LogP contribution in [0.3, 0.4) is 0 Å². The predicted octanol–water partition coefficient (Wildman–Crippen LogP) is 2.59. The van der Waals surface area contributed by atoms with Gasteiger partial charge in [-0.05, 0) is 43.5 Å². The van der Waals surface area contributed by atoms with Crippen LogP contribution in [0, 0.1) is 12.7 Å². The molecule has 0 radical (unpaired) electrons. The van der Waals surface area contributed by atoms with E-state index in [0.29, 0.717) is 12.1 Å². The van der Waals surface area contributed by atoms with Gasteiger partial charge in [0.1, 0.15) is 5.82 Å². The summed E-state index contributed by atoms with van der Waals surface area (Å²) in [5, 5.41) is 0. The molecule has 0 saturated heterocycles. The lowest BCUT2D eigenvalue weighted by molar-refractivity contribution is -0.131. The SMILES string of the molecule is CC(=O)N(CCNS(=O)(=O)c1ccc(F)cc1C)C1CCCCC1. The number of rotatable bonds is 6. The summed E-state index contributed by atoms with van der Waals surface area (Å²) in [5.41, 5.74) is 0.359. The lowest BCUT2D eigenvalue weighted by Gasteiger charge is -2.33. The quantitative estimate of drug-likeness (QED) is 0.852. The van der Waals surface area contributed by atoms with E-state index >= 15 is 0 Å². The Morgan fingerprint density at radius 2 is 1.96 bits per heavy atom. The zero-order valence-corrected chi connectivity index (χ0v) is 15.0. The average Bonchev–Trinajstić information content (AvgIpc) is 2.51. The molecule has 0 heterocycles. The molecule has 1 N–H and O–H groups in total. The van der Waals surface area contributed by atoms with Gasteiger partial charge in [-0.25, -0.2) is 17.5 Å². The molecule has 24 heavy (non-hydrogen) atoms. The number of nitrogens with one attached hydrogen (secondary N) is 1.